The van der Waals surface area contributed by atoms with E-state index in [0.29, 0.717) is 35.8 Å². The highest BCUT2D eigenvalue weighted by Crippen LogP contribution is 2.30. The Hall–Kier alpha value is -5.17. The molecule has 6 rings (SSSR count). The molecule has 1 N–H and O–H groups in total. The fourth-order valence-corrected chi connectivity index (χ4v) is 5.58. The number of carbonyl (C=O) groups excluding carboxylic acids is 3. The van der Waals surface area contributed by atoms with E-state index in [2.05, 4.69) is 9.89 Å². The number of carbonyl (C=O) groups is 4. The van der Waals surface area contributed by atoms with E-state index < -0.39 is 12.1 Å². The van der Waals surface area contributed by atoms with Crippen LogP contribution in [0.25, 0.3) is 0 Å². The van der Waals surface area contributed by atoms with Crippen LogP contribution < -0.4 is 4.90 Å². The normalized spacial score (nSPS) is 15.9. The second-order valence-electron chi connectivity index (χ2n) is 11.3. The van der Waals surface area contributed by atoms with Gasteiger partial charge in [-0.2, -0.15) is 13.2 Å². The number of likely N-dealkylation sites (N-methyl/N-ethyl adjacent to an activating group) is 1. The Bertz CT molecular complexity index is 1770. The van der Waals surface area contributed by atoms with E-state index in [1.165, 1.54) is 0 Å². The van der Waals surface area contributed by atoms with Crippen LogP contribution in [-0.4, -0.2) is 95.3 Å². The molecule has 3 aliphatic heterocycles. The van der Waals surface area contributed by atoms with Crippen molar-refractivity contribution in [1.29, 1.82) is 0 Å². The van der Waals surface area contributed by atoms with Gasteiger partial charge >= 0.3 is 12.1 Å². The number of hydrogen-bond donors (Lipinski definition) is 1. The van der Waals surface area contributed by atoms with Crippen LogP contribution in [0.5, 0.6) is 0 Å². The molecule has 3 aliphatic rings. The Balaban J connectivity index is 0.000000582. The van der Waals surface area contributed by atoms with E-state index >= 15 is 0 Å². The van der Waals surface area contributed by atoms with Gasteiger partial charge in [0.25, 0.3) is 11.8 Å². The number of benzene rings is 3. The largest absolute Gasteiger partial charge is 0.490 e. The number of carboxylic acids is 1. The minimum absolute atomic E-state index is 0.0126. The number of nitrogens with zero attached hydrogens (tertiary/aromatic N) is 5. The molecular weight excluding hydrogens is 651 g/mol. The monoisotopic (exact) mass is 681 g/mol. The maximum atomic E-state index is 13.7. The summed E-state index contributed by atoms with van der Waals surface area (Å²) in [7, 11) is 2.01. The SMILES string of the molecule is CN1CCN=C1c1ccc2c(c1)CN(C(=O)c1ccc(Cl)cc1)CC(=O)N2Cc1ccc(C(=O)N2CC=CC2)cc1.O=C(O)C(F)(F)F. The average molecular weight is 682 g/mol. The molecule has 3 amide bonds. The van der Waals surface area contributed by atoms with Crippen molar-refractivity contribution in [3.05, 3.63) is 112 Å². The quantitative estimate of drug-likeness (QED) is 0.385. The van der Waals surface area contributed by atoms with Crippen LogP contribution in [0.2, 0.25) is 5.02 Å². The first-order valence-corrected chi connectivity index (χ1v) is 15.3. The highest BCUT2D eigenvalue weighted by molar-refractivity contribution is 6.30. The van der Waals surface area contributed by atoms with E-state index in [1.807, 2.05) is 61.7 Å². The van der Waals surface area contributed by atoms with Gasteiger partial charge in [-0.3, -0.25) is 19.4 Å². The van der Waals surface area contributed by atoms with Gasteiger partial charge in [-0.15, -0.1) is 0 Å². The summed E-state index contributed by atoms with van der Waals surface area (Å²) in [5.41, 5.74) is 4.56. The van der Waals surface area contributed by atoms with Crippen molar-refractivity contribution >= 4 is 46.8 Å². The summed E-state index contributed by atoms with van der Waals surface area (Å²) in [5.74, 6) is -2.28. The van der Waals surface area contributed by atoms with Crippen LogP contribution in [0.15, 0.2) is 83.9 Å². The number of amidine groups is 1. The second kappa shape index (κ2) is 14.3. The van der Waals surface area contributed by atoms with Crippen LogP contribution in [0.4, 0.5) is 18.9 Å². The van der Waals surface area contributed by atoms with Crippen LogP contribution in [0.3, 0.4) is 0 Å². The number of anilines is 1. The Morgan fingerprint density at radius 2 is 1.46 bits per heavy atom. The molecule has 0 aromatic heterocycles. The predicted molar refractivity (Wildman–Crippen MR) is 173 cm³/mol. The zero-order chi connectivity index (χ0) is 34.6. The van der Waals surface area contributed by atoms with Crippen molar-refractivity contribution in [1.82, 2.24) is 14.7 Å². The van der Waals surface area contributed by atoms with Gasteiger partial charge in [0.1, 0.15) is 12.4 Å². The van der Waals surface area contributed by atoms with Gasteiger partial charge in [0.05, 0.1) is 13.1 Å². The number of alkyl halides is 3. The molecule has 0 saturated heterocycles. The van der Waals surface area contributed by atoms with E-state index in [4.69, 9.17) is 21.5 Å². The lowest BCUT2D eigenvalue weighted by Crippen LogP contribution is -2.39. The molecule has 3 aromatic carbocycles. The number of aliphatic imine (C=N–C) groups is 1. The van der Waals surface area contributed by atoms with Crippen molar-refractivity contribution in [2.45, 2.75) is 19.3 Å². The maximum absolute atomic E-state index is 13.7. The van der Waals surface area contributed by atoms with E-state index in [1.54, 1.807) is 39.0 Å². The number of halogens is 4. The van der Waals surface area contributed by atoms with Crippen molar-refractivity contribution in [2.24, 2.45) is 4.99 Å². The first kappa shape index (κ1) is 34.2. The predicted octanol–water partition coefficient (Wildman–Crippen LogP) is 4.87. The highest BCUT2D eigenvalue weighted by Gasteiger charge is 2.38. The molecule has 0 bridgehead atoms. The molecule has 0 unspecified atom stereocenters. The van der Waals surface area contributed by atoms with Gasteiger partial charge in [0.15, 0.2) is 0 Å². The average Bonchev–Trinajstić information content (AvgIpc) is 3.73. The molecule has 0 spiro atoms. The Morgan fingerprint density at radius 1 is 0.875 bits per heavy atom. The van der Waals surface area contributed by atoms with Gasteiger partial charge in [0, 0.05) is 60.6 Å². The minimum atomic E-state index is -5.08. The number of carboxylic acid groups (broad SMARTS) is 1. The molecule has 3 aromatic rings. The highest BCUT2D eigenvalue weighted by atomic mass is 35.5. The Labute approximate surface area is 279 Å². The van der Waals surface area contributed by atoms with Crippen LogP contribution in [0.1, 0.15) is 37.4 Å². The summed E-state index contributed by atoms with van der Waals surface area (Å²) in [4.78, 5) is 60.8. The third kappa shape index (κ3) is 7.85. The molecule has 0 fully saturated rings. The summed E-state index contributed by atoms with van der Waals surface area (Å²) >= 11 is 6.04. The van der Waals surface area contributed by atoms with Crippen LogP contribution in [-0.2, 0) is 22.7 Å². The lowest BCUT2D eigenvalue weighted by molar-refractivity contribution is -0.192. The molecule has 10 nitrogen and oxygen atoms in total. The van der Waals surface area contributed by atoms with Crippen LogP contribution >= 0.6 is 11.6 Å². The standard InChI is InChI=1S/C32H30ClN5O3.C2HF3O2/c1-35-17-14-34-30(35)25-10-13-28-26(18-25)20-37(32(41)24-8-11-27(33)12-9-24)21-29(39)38(28)19-22-4-6-23(7-5-22)31(40)36-15-2-3-16-36;3-2(4,5)1(6)7/h2-13,18H,14-17,19-21H2,1H3;(H,6,7). The zero-order valence-electron chi connectivity index (χ0n) is 25.8. The first-order chi connectivity index (χ1) is 22.8. The number of rotatable bonds is 5. The summed E-state index contributed by atoms with van der Waals surface area (Å²) in [6.07, 6.45) is -1.11. The minimum Gasteiger partial charge on any atom is -0.475 e. The summed E-state index contributed by atoms with van der Waals surface area (Å²) < 4.78 is 31.7. The second-order valence-corrected chi connectivity index (χ2v) is 11.7. The lowest BCUT2D eigenvalue weighted by atomic mass is 10.0. The molecule has 0 radical (unpaired) electrons. The third-order valence-corrected chi connectivity index (χ3v) is 8.20. The Kier molecular flexibility index (Phi) is 10.2. The fourth-order valence-electron chi connectivity index (χ4n) is 5.46. The molecule has 48 heavy (non-hydrogen) atoms. The van der Waals surface area contributed by atoms with Crippen molar-refractivity contribution in [3.63, 3.8) is 0 Å². The topological polar surface area (TPSA) is 114 Å². The van der Waals surface area contributed by atoms with E-state index in [0.717, 1.165) is 41.3 Å². The zero-order valence-corrected chi connectivity index (χ0v) is 26.5. The molecule has 3 heterocycles. The number of hydrogen-bond acceptors (Lipinski definition) is 6. The van der Waals surface area contributed by atoms with Gasteiger partial charge < -0.3 is 24.7 Å². The summed E-state index contributed by atoms with van der Waals surface area (Å²) in [6, 6.07) is 20.1. The fraction of sp³-hybridized carbons (Fsp3) is 0.265. The van der Waals surface area contributed by atoms with Crippen molar-refractivity contribution in [2.75, 3.05) is 44.7 Å². The van der Waals surface area contributed by atoms with Crippen LogP contribution in [0, 0.1) is 0 Å². The van der Waals surface area contributed by atoms with Crippen molar-refractivity contribution in [3.8, 4) is 0 Å². The number of aliphatic carboxylic acids is 1. The van der Waals surface area contributed by atoms with Gasteiger partial charge in [-0.05, 0) is 65.7 Å². The Morgan fingerprint density at radius 3 is 2.02 bits per heavy atom. The van der Waals surface area contributed by atoms with Gasteiger partial charge in [-0.1, -0.05) is 35.9 Å². The molecule has 0 aliphatic carbocycles. The maximum Gasteiger partial charge on any atom is 0.490 e. The van der Waals surface area contributed by atoms with E-state index in [-0.39, 0.29) is 30.8 Å². The first-order valence-electron chi connectivity index (χ1n) is 14.9. The number of fused-ring (bicyclic) bond motifs is 1. The lowest BCUT2D eigenvalue weighted by Gasteiger charge is -2.24. The molecular formula is C34H31ClF3N5O5. The van der Waals surface area contributed by atoms with Gasteiger partial charge in [-0.25, -0.2) is 4.79 Å². The summed E-state index contributed by atoms with van der Waals surface area (Å²) in [6.45, 7) is 3.36. The van der Waals surface area contributed by atoms with E-state index in [9.17, 15) is 27.6 Å². The van der Waals surface area contributed by atoms with Crippen molar-refractivity contribution < 1.29 is 37.5 Å². The molecule has 14 heteroatoms. The molecule has 0 saturated carbocycles. The molecule has 250 valence electrons. The van der Waals surface area contributed by atoms with Gasteiger partial charge in [0.2, 0.25) is 5.91 Å². The molecule has 0 atom stereocenters. The smallest absolute Gasteiger partial charge is 0.475 e. The number of amides is 3. The third-order valence-electron chi connectivity index (χ3n) is 7.94. The summed E-state index contributed by atoms with van der Waals surface area (Å²) in [5, 5.41) is 7.67.